The summed E-state index contributed by atoms with van der Waals surface area (Å²) in [5, 5.41) is 9.07. The quantitative estimate of drug-likeness (QED) is 0.760. The molecule has 0 aliphatic carbocycles. The molecule has 0 amide bonds. The summed E-state index contributed by atoms with van der Waals surface area (Å²) >= 11 is 0. The fourth-order valence-corrected chi connectivity index (χ4v) is 2.41. The first kappa shape index (κ1) is 19.3. The Morgan fingerprint density at radius 1 is 1.39 bits per heavy atom. The molecule has 4 nitrogen and oxygen atoms in total. The van der Waals surface area contributed by atoms with Crippen molar-refractivity contribution >= 4 is 5.97 Å². The summed E-state index contributed by atoms with van der Waals surface area (Å²) in [7, 11) is 0. The number of carbonyl (C=O) groups is 1. The molecule has 0 aliphatic heterocycles. The van der Waals surface area contributed by atoms with Gasteiger partial charge in [-0.25, -0.2) is 0 Å². The van der Waals surface area contributed by atoms with Gasteiger partial charge in [0, 0.05) is 0 Å². The van der Waals surface area contributed by atoms with Crippen LogP contribution in [-0.2, 0) is 11.2 Å². The molecule has 3 N–H and O–H groups in total. The van der Waals surface area contributed by atoms with Crippen LogP contribution in [0.15, 0.2) is 24.3 Å². The third-order valence-corrected chi connectivity index (χ3v) is 3.75. The van der Waals surface area contributed by atoms with Crippen molar-refractivity contribution in [1.82, 2.24) is 0 Å². The van der Waals surface area contributed by atoms with Crippen molar-refractivity contribution in [2.45, 2.75) is 51.4 Å². The second-order valence-corrected chi connectivity index (χ2v) is 5.93. The molecule has 2 atom stereocenters. The van der Waals surface area contributed by atoms with Gasteiger partial charge >= 0.3 is 12.3 Å². The van der Waals surface area contributed by atoms with Crippen LogP contribution in [0.2, 0.25) is 0 Å². The van der Waals surface area contributed by atoms with E-state index >= 15 is 0 Å². The van der Waals surface area contributed by atoms with Crippen LogP contribution in [0, 0.1) is 5.92 Å². The number of hydrogen-bond donors (Lipinski definition) is 2. The third-order valence-electron chi connectivity index (χ3n) is 3.75. The highest BCUT2D eigenvalue weighted by Crippen LogP contribution is 2.26. The zero-order valence-electron chi connectivity index (χ0n) is 13.2. The second-order valence-electron chi connectivity index (χ2n) is 5.93. The Labute approximate surface area is 133 Å². The molecule has 0 saturated heterocycles. The fourth-order valence-electron chi connectivity index (χ4n) is 2.41. The highest BCUT2D eigenvalue weighted by Gasteiger charge is 2.32. The lowest BCUT2D eigenvalue weighted by Crippen LogP contribution is -2.46. The maximum absolute atomic E-state index is 12.2. The van der Waals surface area contributed by atoms with E-state index in [1.54, 1.807) is 6.07 Å². The molecule has 1 rings (SSSR count). The lowest BCUT2D eigenvalue weighted by atomic mass is 9.85. The molecule has 0 radical (unpaired) electrons. The molecule has 1 aromatic rings. The van der Waals surface area contributed by atoms with Gasteiger partial charge in [-0.1, -0.05) is 25.5 Å². The number of aryl methyl sites for hydroxylation is 1. The largest absolute Gasteiger partial charge is 0.573 e. The highest BCUT2D eigenvalue weighted by molar-refractivity contribution is 5.77. The lowest BCUT2D eigenvalue weighted by Gasteiger charge is -2.25. The molecule has 0 aromatic heterocycles. The number of carboxylic acid groups (broad SMARTS) is 1. The Balaban J connectivity index is 2.65. The van der Waals surface area contributed by atoms with Gasteiger partial charge in [0.15, 0.2) is 0 Å². The van der Waals surface area contributed by atoms with Crippen molar-refractivity contribution in [3.8, 4) is 5.75 Å². The monoisotopic (exact) mass is 333 g/mol. The molecular formula is C16H22F3NO3. The summed E-state index contributed by atoms with van der Waals surface area (Å²) in [4.78, 5) is 11.1. The van der Waals surface area contributed by atoms with Gasteiger partial charge in [0.05, 0.1) is 0 Å². The van der Waals surface area contributed by atoms with Gasteiger partial charge in [0.1, 0.15) is 11.3 Å². The Hall–Kier alpha value is -1.76. The first-order chi connectivity index (χ1) is 10.5. The number of hydrogen-bond acceptors (Lipinski definition) is 3. The van der Waals surface area contributed by atoms with Gasteiger partial charge in [-0.15, -0.1) is 13.2 Å². The maximum Gasteiger partial charge on any atom is 0.573 e. The number of ether oxygens (including phenoxy) is 1. The molecule has 0 bridgehead atoms. The first-order valence-corrected chi connectivity index (χ1v) is 7.40. The van der Waals surface area contributed by atoms with Crippen LogP contribution in [0.4, 0.5) is 13.2 Å². The van der Waals surface area contributed by atoms with Crippen LogP contribution >= 0.6 is 0 Å². The highest BCUT2D eigenvalue weighted by atomic mass is 19.4. The third kappa shape index (κ3) is 6.90. The zero-order valence-corrected chi connectivity index (χ0v) is 13.2. The Kier molecular flexibility index (Phi) is 6.44. The summed E-state index contributed by atoms with van der Waals surface area (Å²) in [6.07, 6.45) is -2.47. The molecule has 0 spiro atoms. The molecular weight excluding hydrogens is 311 g/mol. The number of halogens is 3. The second kappa shape index (κ2) is 7.68. The van der Waals surface area contributed by atoms with E-state index in [9.17, 15) is 18.0 Å². The van der Waals surface area contributed by atoms with Gasteiger partial charge in [-0.3, -0.25) is 4.79 Å². The average molecular weight is 333 g/mol. The van der Waals surface area contributed by atoms with Crippen LogP contribution in [0.3, 0.4) is 0 Å². The summed E-state index contributed by atoms with van der Waals surface area (Å²) < 4.78 is 40.5. The molecule has 0 heterocycles. The molecule has 1 aromatic carbocycles. The average Bonchev–Trinajstić information content (AvgIpc) is 2.41. The van der Waals surface area contributed by atoms with Crippen molar-refractivity contribution < 1.29 is 27.8 Å². The SMILES string of the molecule is CCC(CCc1cccc(OC(F)(F)F)c1)CC(C)(N)C(=O)O. The molecule has 23 heavy (non-hydrogen) atoms. The normalized spacial score (nSPS) is 15.7. The van der Waals surface area contributed by atoms with Gasteiger partial charge in [-0.2, -0.15) is 0 Å². The number of aliphatic carboxylic acids is 1. The smallest absolute Gasteiger partial charge is 0.480 e. The molecule has 2 unspecified atom stereocenters. The van der Waals surface area contributed by atoms with Crippen molar-refractivity contribution in [2.75, 3.05) is 0 Å². The van der Waals surface area contributed by atoms with E-state index in [1.807, 2.05) is 6.92 Å². The van der Waals surface area contributed by atoms with E-state index in [4.69, 9.17) is 10.8 Å². The Bertz CT molecular complexity index is 530. The molecule has 130 valence electrons. The molecule has 7 heteroatoms. The van der Waals surface area contributed by atoms with Crippen molar-refractivity contribution in [3.63, 3.8) is 0 Å². The van der Waals surface area contributed by atoms with Crippen LogP contribution in [0.25, 0.3) is 0 Å². The number of benzene rings is 1. The minimum absolute atomic E-state index is 0.0771. The molecule has 0 fully saturated rings. The maximum atomic E-state index is 12.2. The predicted molar refractivity (Wildman–Crippen MR) is 80.1 cm³/mol. The molecule has 0 aliphatic rings. The van der Waals surface area contributed by atoms with E-state index in [0.29, 0.717) is 24.8 Å². The summed E-state index contributed by atoms with van der Waals surface area (Å²) in [6.45, 7) is 3.40. The molecule has 0 saturated carbocycles. The fraction of sp³-hybridized carbons (Fsp3) is 0.562. The van der Waals surface area contributed by atoms with E-state index in [0.717, 1.165) is 6.42 Å². The Morgan fingerprint density at radius 2 is 2.04 bits per heavy atom. The number of rotatable bonds is 8. The summed E-state index contributed by atoms with van der Waals surface area (Å²) in [6, 6.07) is 5.81. The van der Waals surface area contributed by atoms with Gasteiger partial charge < -0.3 is 15.6 Å². The van der Waals surface area contributed by atoms with Crippen LogP contribution in [0.1, 0.15) is 38.7 Å². The standard InChI is InChI=1S/C16H22F3NO3/c1-3-11(10-15(2,20)14(21)22)7-8-12-5-4-6-13(9-12)23-16(17,18)19/h4-6,9,11H,3,7-8,10,20H2,1-2H3,(H,21,22). The lowest BCUT2D eigenvalue weighted by molar-refractivity contribution is -0.274. The predicted octanol–water partition coefficient (Wildman–Crippen LogP) is 3.74. The first-order valence-electron chi connectivity index (χ1n) is 7.40. The van der Waals surface area contributed by atoms with Crippen LogP contribution in [-0.4, -0.2) is 23.0 Å². The van der Waals surface area contributed by atoms with Gasteiger partial charge in [-0.05, 0) is 49.8 Å². The number of nitrogens with two attached hydrogens (primary N) is 1. The topological polar surface area (TPSA) is 72.5 Å². The van der Waals surface area contributed by atoms with Crippen LogP contribution < -0.4 is 10.5 Å². The van der Waals surface area contributed by atoms with Crippen molar-refractivity contribution in [3.05, 3.63) is 29.8 Å². The summed E-state index contributed by atoms with van der Waals surface area (Å²) in [5.41, 5.74) is 5.16. The number of alkyl halides is 3. The zero-order chi connectivity index (χ0) is 17.7. The van der Waals surface area contributed by atoms with Crippen molar-refractivity contribution in [2.24, 2.45) is 11.7 Å². The minimum atomic E-state index is -4.71. The van der Waals surface area contributed by atoms with Gasteiger partial charge in [0.25, 0.3) is 0 Å². The van der Waals surface area contributed by atoms with E-state index in [-0.39, 0.29) is 11.7 Å². The Morgan fingerprint density at radius 3 is 2.57 bits per heavy atom. The van der Waals surface area contributed by atoms with Crippen molar-refractivity contribution in [1.29, 1.82) is 0 Å². The van der Waals surface area contributed by atoms with Crippen LogP contribution in [0.5, 0.6) is 5.75 Å². The van der Waals surface area contributed by atoms with E-state index in [2.05, 4.69) is 4.74 Å². The van der Waals surface area contributed by atoms with Gasteiger partial charge in [0.2, 0.25) is 0 Å². The minimum Gasteiger partial charge on any atom is -0.480 e. The summed E-state index contributed by atoms with van der Waals surface area (Å²) in [5.74, 6) is -1.23. The number of carboxylic acids is 1. The van der Waals surface area contributed by atoms with E-state index < -0.39 is 17.9 Å². The van der Waals surface area contributed by atoms with E-state index in [1.165, 1.54) is 25.1 Å².